The van der Waals surface area contributed by atoms with Gasteiger partial charge in [-0.15, -0.1) is 0 Å². The summed E-state index contributed by atoms with van der Waals surface area (Å²) in [6.07, 6.45) is 29.6. The average molecular weight is 979 g/mol. The van der Waals surface area contributed by atoms with Crippen LogP contribution in [0.2, 0.25) is 0 Å². The van der Waals surface area contributed by atoms with E-state index in [4.69, 9.17) is 33.2 Å². The summed E-state index contributed by atoms with van der Waals surface area (Å²) < 4.78 is 40.0. The maximum atomic E-state index is 13.1. The maximum Gasteiger partial charge on any atom is 0.407 e. The molecule has 1 N–H and O–H groups in total. The summed E-state index contributed by atoms with van der Waals surface area (Å²) in [5, 5.41) is 2.77. The zero-order valence-corrected chi connectivity index (χ0v) is 44.1. The van der Waals surface area contributed by atoms with Gasteiger partial charge in [-0.25, -0.2) is 4.79 Å². The Labute approximate surface area is 418 Å². The Morgan fingerprint density at radius 1 is 0.551 bits per heavy atom. The third-order valence-corrected chi connectivity index (χ3v) is 12.1. The average Bonchev–Trinajstić information content (AvgIpc) is 3.86. The Balaban J connectivity index is 2.66. The number of hydrogen-bond donors (Lipinski definition) is 1. The highest BCUT2D eigenvalue weighted by Gasteiger charge is 2.22. The summed E-state index contributed by atoms with van der Waals surface area (Å²) in [5.74, 6) is -2.05. The van der Waals surface area contributed by atoms with Gasteiger partial charge in [-0.3, -0.25) is 19.2 Å². The molecule has 1 amide bonds. The zero-order chi connectivity index (χ0) is 50.4. The molecule has 14 nitrogen and oxygen atoms in total. The molecule has 400 valence electrons. The third-order valence-electron chi connectivity index (χ3n) is 12.1. The largest absolute Gasteiger partial charge is 0.465 e. The van der Waals surface area contributed by atoms with Gasteiger partial charge in [0.1, 0.15) is 25.9 Å². The van der Waals surface area contributed by atoms with Gasteiger partial charge in [-0.2, -0.15) is 0 Å². The minimum Gasteiger partial charge on any atom is -0.465 e. The van der Waals surface area contributed by atoms with Crippen molar-refractivity contribution >= 4 is 30.0 Å². The van der Waals surface area contributed by atoms with Gasteiger partial charge in [-0.05, 0) is 116 Å². The number of rotatable bonds is 46. The van der Waals surface area contributed by atoms with Gasteiger partial charge in [0.15, 0.2) is 6.29 Å². The van der Waals surface area contributed by atoms with Gasteiger partial charge in [0.25, 0.3) is 0 Å². The Morgan fingerprint density at radius 2 is 1.09 bits per heavy atom. The number of unbranched alkanes of at least 4 members (excludes halogenated alkanes) is 11. The number of carbonyl (C=O) groups is 5. The van der Waals surface area contributed by atoms with Crippen LogP contribution in [0.25, 0.3) is 0 Å². The fraction of sp³-hybridized carbons (Fsp3) is 0.836. The molecule has 1 aliphatic heterocycles. The molecule has 0 radical (unpaired) electrons. The quantitative estimate of drug-likeness (QED) is 0.0202. The highest BCUT2D eigenvalue weighted by atomic mass is 16.7. The Kier molecular flexibility index (Phi) is 42.0. The lowest BCUT2D eigenvalue weighted by Gasteiger charge is -2.20. The van der Waals surface area contributed by atoms with Crippen LogP contribution < -0.4 is 5.32 Å². The Hall–Kier alpha value is -3.49. The van der Waals surface area contributed by atoms with Crippen LogP contribution in [-0.4, -0.2) is 113 Å². The van der Waals surface area contributed by atoms with E-state index < -0.39 is 42.3 Å². The van der Waals surface area contributed by atoms with E-state index in [9.17, 15) is 24.0 Å². The predicted octanol–water partition coefficient (Wildman–Crippen LogP) is 11.9. The van der Waals surface area contributed by atoms with Crippen LogP contribution in [0, 0.1) is 11.8 Å². The van der Waals surface area contributed by atoms with E-state index in [1.165, 1.54) is 25.7 Å². The SMILES string of the molecule is CC/C=C\CCCCOC(CCC(=O)OCC(COC(=O)CCCCCCOC(=O)C(CCCC)CCCCCC)COC(=O)CCC(C)OC(=O)NCCN1CCCC1)OCCCC/C=C\CC. The number of esters is 4. The lowest BCUT2D eigenvalue weighted by atomic mass is 9.95. The van der Waals surface area contributed by atoms with E-state index >= 15 is 0 Å². The molecule has 3 unspecified atom stereocenters. The monoisotopic (exact) mass is 979 g/mol. The second kappa shape index (κ2) is 45.6. The van der Waals surface area contributed by atoms with Crippen molar-refractivity contribution in [3.63, 3.8) is 0 Å². The van der Waals surface area contributed by atoms with E-state index in [1.54, 1.807) is 6.92 Å². The van der Waals surface area contributed by atoms with Crippen molar-refractivity contribution in [3.8, 4) is 0 Å². The van der Waals surface area contributed by atoms with E-state index in [0.717, 1.165) is 129 Å². The first kappa shape index (κ1) is 63.5. The molecule has 0 spiro atoms. The number of amides is 1. The molecule has 1 aliphatic rings. The zero-order valence-electron chi connectivity index (χ0n) is 44.1. The fourth-order valence-electron chi connectivity index (χ4n) is 7.76. The maximum absolute atomic E-state index is 13.1. The summed E-state index contributed by atoms with van der Waals surface area (Å²) in [5.41, 5.74) is 0. The van der Waals surface area contributed by atoms with Crippen molar-refractivity contribution in [2.45, 2.75) is 220 Å². The number of carbonyl (C=O) groups excluding carboxylic acids is 5. The van der Waals surface area contributed by atoms with Crippen molar-refractivity contribution in [3.05, 3.63) is 24.3 Å². The summed E-state index contributed by atoms with van der Waals surface area (Å²) in [6.45, 7) is 14.8. The van der Waals surface area contributed by atoms with Crippen LogP contribution in [0.3, 0.4) is 0 Å². The van der Waals surface area contributed by atoms with Crippen LogP contribution >= 0.6 is 0 Å². The van der Waals surface area contributed by atoms with Crippen molar-refractivity contribution in [2.75, 3.05) is 65.8 Å². The van der Waals surface area contributed by atoms with E-state index in [2.05, 4.69) is 62.2 Å². The molecule has 1 heterocycles. The third kappa shape index (κ3) is 38.9. The molecule has 0 aliphatic carbocycles. The lowest BCUT2D eigenvalue weighted by molar-refractivity contribution is -0.162. The minimum absolute atomic E-state index is 0.0124. The molecule has 0 bridgehead atoms. The summed E-state index contributed by atoms with van der Waals surface area (Å²) in [6, 6.07) is 0. The van der Waals surface area contributed by atoms with Gasteiger partial charge in [-0.1, -0.05) is 103 Å². The van der Waals surface area contributed by atoms with Crippen molar-refractivity contribution in [2.24, 2.45) is 11.8 Å². The van der Waals surface area contributed by atoms with Gasteiger partial charge >= 0.3 is 30.0 Å². The molecule has 0 aromatic rings. The number of ether oxygens (including phenoxy) is 7. The first-order valence-electron chi connectivity index (χ1n) is 27.4. The molecule has 1 rings (SSSR count). The second-order valence-corrected chi connectivity index (χ2v) is 18.6. The molecule has 3 atom stereocenters. The Bertz CT molecular complexity index is 1330. The van der Waals surface area contributed by atoms with E-state index in [1.807, 2.05) is 0 Å². The first-order valence-corrected chi connectivity index (χ1v) is 27.4. The van der Waals surface area contributed by atoms with Gasteiger partial charge in [0.2, 0.25) is 0 Å². The first-order chi connectivity index (χ1) is 33.6. The van der Waals surface area contributed by atoms with Crippen molar-refractivity contribution in [1.29, 1.82) is 0 Å². The smallest absolute Gasteiger partial charge is 0.407 e. The predicted molar refractivity (Wildman–Crippen MR) is 273 cm³/mol. The van der Waals surface area contributed by atoms with Crippen molar-refractivity contribution < 1.29 is 57.1 Å². The van der Waals surface area contributed by atoms with Crippen molar-refractivity contribution in [1.82, 2.24) is 10.2 Å². The van der Waals surface area contributed by atoms with Crippen LogP contribution in [0.5, 0.6) is 0 Å². The number of nitrogens with one attached hydrogen (secondary N) is 1. The summed E-state index contributed by atoms with van der Waals surface area (Å²) >= 11 is 0. The normalized spacial score (nSPS) is 14.3. The van der Waals surface area contributed by atoms with E-state index in [-0.39, 0.29) is 57.4 Å². The molecule has 0 saturated carbocycles. The van der Waals surface area contributed by atoms with Crippen LogP contribution in [-0.2, 0) is 52.3 Å². The summed E-state index contributed by atoms with van der Waals surface area (Å²) in [4.78, 5) is 66.1. The number of likely N-dealkylation sites (tertiary alicyclic amines) is 1. The molecule has 14 heteroatoms. The molecule has 0 aromatic carbocycles. The molecular formula is C55H98N2O12. The fourth-order valence-corrected chi connectivity index (χ4v) is 7.76. The standard InChI is InChI=1S/C55H98N2O12/c1-6-10-14-17-20-27-41-63-53(64-42-28-21-18-15-11-7-2)36-35-52(60)68-46-48(45-67-51(59)34-33-47(5)69-55(62)56-37-40-57-38-25-26-39-57)44-66-50(58)32-24-19-22-29-43-65-54(61)49(30-13-9-4)31-23-16-12-8-3/h10-11,14-15,47-49,53H,6-9,12-13,16-46H2,1-5H3,(H,56,62)/b14-10-,15-11-. The van der Waals surface area contributed by atoms with Gasteiger partial charge in [0, 0.05) is 45.6 Å². The van der Waals surface area contributed by atoms with Crippen LogP contribution in [0.4, 0.5) is 4.79 Å². The lowest BCUT2D eigenvalue weighted by Crippen LogP contribution is -2.35. The van der Waals surface area contributed by atoms with Gasteiger partial charge in [0.05, 0.1) is 24.9 Å². The highest BCUT2D eigenvalue weighted by Crippen LogP contribution is 2.20. The van der Waals surface area contributed by atoms with Crippen LogP contribution in [0.1, 0.15) is 208 Å². The molecule has 1 saturated heterocycles. The summed E-state index contributed by atoms with van der Waals surface area (Å²) in [7, 11) is 0. The highest BCUT2D eigenvalue weighted by molar-refractivity contribution is 5.72. The molecule has 69 heavy (non-hydrogen) atoms. The topological polar surface area (TPSA) is 165 Å². The Morgan fingerprint density at radius 3 is 1.68 bits per heavy atom. The van der Waals surface area contributed by atoms with Gasteiger partial charge < -0.3 is 43.4 Å². The number of hydrogen-bond acceptors (Lipinski definition) is 13. The minimum atomic E-state index is -0.591. The molecule has 0 aromatic heterocycles. The second-order valence-electron chi connectivity index (χ2n) is 18.6. The number of alkyl carbamates (subject to hydrolysis) is 1. The number of nitrogens with zero attached hydrogens (tertiary/aromatic N) is 1. The van der Waals surface area contributed by atoms with E-state index in [0.29, 0.717) is 39.2 Å². The molecule has 1 fully saturated rings. The van der Waals surface area contributed by atoms with Crippen LogP contribution in [0.15, 0.2) is 24.3 Å². The molecular weight excluding hydrogens is 881 g/mol. The number of allylic oxidation sites excluding steroid dienone is 4.